The monoisotopic (exact) mass is 258 g/mol. The van der Waals surface area contributed by atoms with Gasteiger partial charge in [0.2, 0.25) is 5.91 Å². The number of rotatable bonds is 5. The Kier molecular flexibility index (Phi) is 4.25. The SMILES string of the molecule is CC(C)[C@@H](C)NC(=O)CCc1c[nH]c2ccccc12. The number of hydrogen-bond donors (Lipinski definition) is 2. The molecule has 0 spiro atoms. The highest BCUT2D eigenvalue weighted by molar-refractivity contribution is 5.84. The minimum absolute atomic E-state index is 0.131. The van der Waals surface area contributed by atoms with Crippen LogP contribution < -0.4 is 5.32 Å². The third kappa shape index (κ3) is 3.37. The van der Waals surface area contributed by atoms with Gasteiger partial charge in [-0.15, -0.1) is 0 Å². The van der Waals surface area contributed by atoms with Gasteiger partial charge in [-0.05, 0) is 30.9 Å². The molecule has 1 atom stereocenters. The molecular weight excluding hydrogens is 236 g/mol. The second kappa shape index (κ2) is 5.91. The number of carbonyl (C=O) groups is 1. The lowest BCUT2D eigenvalue weighted by molar-refractivity contribution is -0.121. The summed E-state index contributed by atoms with van der Waals surface area (Å²) >= 11 is 0. The predicted molar refractivity (Wildman–Crippen MR) is 79.1 cm³/mol. The van der Waals surface area contributed by atoms with Crippen molar-refractivity contribution in [3.8, 4) is 0 Å². The molecule has 3 heteroatoms. The van der Waals surface area contributed by atoms with Crippen LogP contribution in [0.5, 0.6) is 0 Å². The summed E-state index contributed by atoms with van der Waals surface area (Å²) in [5.74, 6) is 0.600. The predicted octanol–water partition coefficient (Wildman–Crippen LogP) is 3.26. The van der Waals surface area contributed by atoms with E-state index >= 15 is 0 Å². The van der Waals surface area contributed by atoms with Crippen molar-refractivity contribution in [3.05, 3.63) is 36.0 Å². The Morgan fingerprint density at radius 2 is 2.00 bits per heavy atom. The quantitative estimate of drug-likeness (QED) is 0.849. The number of aromatic nitrogens is 1. The molecule has 0 aliphatic heterocycles. The molecule has 1 heterocycles. The summed E-state index contributed by atoms with van der Waals surface area (Å²) in [7, 11) is 0. The van der Waals surface area contributed by atoms with Crippen molar-refractivity contribution in [2.45, 2.75) is 39.7 Å². The molecule has 0 radical (unpaired) electrons. The second-order valence-corrected chi connectivity index (χ2v) is 5.46. The number of hydrogen-bond acceptors (Lipinski definition) is 1. The van der Waals surface area contributed by atoms with Crippen LogP contribution in [0.3, 0.4) is 0 Å². The van der Waals surface area contributed by atoms with E-state index in [0.29, 0.717) is 12.3 Å². The zero-order valence-corrected chi connectivity index (χ0v) is 11.9. The van der Waals surface area contributed by atoms with E-state index in [1.807, 2.05) is 25.3 Å². The fraction of sp³-hybridized carbons (Fsp3) is 0.438. The first-order valence-corrected chi connectivity index (χ1v) is 6.92. The Labute approximate surface area is 114 Å². The van der Waals surface area contributed by atoms with Gasteiger partial charge in [0.1, 0.15) is 0 Å². The van der Waals surface area contributed by atoms with Crippen LogP contribution in [0.15, 0.2) is 30.5 Å². The fourth-order valence-electron chi connectivity index (χ4n) is 2.08. The van der Waals surface area contributed by atoms with Gasteiger partial charge in [-0.3, -0.25) is 4.79 Å². The Morgan fingerprint density at radius 3 is 2.74 bits per heavy atom. The number of carbonyl (C=O) groups excluding carboxylic acids is 1. The lowest BCUT2D eigenvalue weighted by Gasteiger charge is -2.17. The van der Waals surface area contributed by atoms with Crippen LogP contribution in [-0.2, 0) is 11.2 Å². The zero-order chi connectivity index (χ0) is 13.8. The standard InChI is InChI=1S/C16H22N2O/c1-11(2)12(3)18-16(19)9-8-13-10-17-15-7-5-4-6-14(13)15/h4-7,10-12,17H,8-9H2,1-3H3,(H,18,19)/t12-/m1/s1. The van der Waals surface area contributed by atoms with E-state index in [1.54, 1.807) is 0 Å². The van der Waals surface area contributed by atoms with Gasteiger partial charge in [0.15, 0.2) is 0 Å². The van der Waals surface area contributed by atoms with Gasteiger partial charge in [0, 0.05) is 29.6 Å². The zero-order valence-electron chi connectivity index (χ0n) is 11.9. The molecule has 0 saturated carbocycles. The lowest BCUT2D eigenvalue weighted by atomic mass is 10.1. The van der Waals surface area contributed by atoms with Crippen LogP contribution in [0.25, 0.3) is 10.9 Å². The van der Waals surface area contributed by atoms with Crippen LogP contribution in [0.4, 0.5) is 0 Å². The number of amides is 1. The molecule has 1 aromatic heterocycles. The molecule has 3 nitrogen and oxygen atoms in total. The normalized spacial score (nSPS) is 12.8. The van der Waals surface area contributed by atoms with E-state index < -0.39 is 0 Å². The molecule has 0 aliphatic rings. The number of H-pyrrole nitrogens is 1. The molecule has 1 aromatic carbocycles. The number of para-hydroxylation sites is 1. The van der Waals surface area contributed by atoms with Gasteiger partial charge >= 0.3 is 0 Å². The minimum atomic E-state index is 0.131. The van der Waals surface area contributed by atoms with Crippen molar-refractivity contribution >= 4 is 16.8 Å². The van der Waals surface area contributed by atoms with Crippen molar-refractivity contribution in [2.75, 3.05) is 0 Å². The Morgan fingerprint density at radius 1 is 1.26 bits per heavy atom. The molecular formula is C16H22N2O. The molecule has 19 heavy (non-hydrogen) atoms. The van der Waals surface area contributed by atoms with Crippen molar-refractivity contribution in [1.82, 2.24) is 10.3 Å². The number of aryl methyl sites for hydroxylation is 1. The molecule has 2 rings (SSSR count). The number of aromatic amines is 1. The van der Waals surface area contributed by atoms with E-state index in [1.165, 1.54) is 10.9 Å². The first-order valence-electron chi connectivity index (χ1n) is 6.92. The van der Waals surface area contributed by atoms with Crippen LogP contribution in [-0.4, -0.2) is 16.9 Å². The molecule has 0 bridgehead atoms. The maximum Gasteiger partial charge on any atom is 0.220 e. The lowest BCUT2D eigenvalue weighted by Crippen LogP contribution is -2.36. The highest BCUT2D eigenvalue weighted by atomic mass is 16.1. The summed E-state index contributed by atoms with van der Waals surface area (Å²) < 4.78 is 0. The van der Waals surface area contributed by atoms with E-state index in [0.717, 1.165) is 11.9 Å². The van der Waals surface area contributed by atoms with E-state index in [2.05, 4.69) is 36.3 Å². The summed E-state index contributed by atoms with van der Waals surface area (Å²) in [6.45, 7) is 6.28. The van der Waals surface area contributed by atoms with Gasteiger partial charge < -0.3 is 10.3 Å². The molecule has 1 amide bonds. The molecule has 2 N–H and O–H groups in total. The molecule has 0 saturated heterocycles. The third-order valence-electron chi connectivity index (χ3n) is 3.68. The van der Waals surface area contributed by atoms with Crippen molar-refractivity contribution in [1.29, 1.82) is 0 Å². The maximum absolute atomic E-state index is 11.9. The highest BCUT2D eigenvalue weighted by Gasteiger charge is 2.11. The average molecular weight is 258 g/mol. The van der Waals surface area contributed by atoms with E-state index in [9.17, 15) is 4.79 Å². The molecule has 0 fully saturated rings. The van der Waals surface area contributed by atoms with Crippen LogP contribution in [0, 0.1) is 5.92 Å². The Hall–Kier alpha value is -1.77. The summed E-state index contributed by atoms with van der Waals surface area (Å²) in [6, 6.07) is 8.42. The highest BCUT2D eigenvalue weighted by Crippen LogP contribution is 2.18. The van der Waals surface area contributed by atoms with Gasteiger partial charge in [-0.1, -0.05) is 32.0 Å². The van der Waals surface area contributed by atoms with Gasteiger partial charge in [-0.25, -0.2) is 0 Å². The second-order valence-electron chi connectivity index (χ2n) is 5.46. The van der Waals surface area contributed by atoms with Crippen molar-refractivity contribution < 1.29 is 4.79 Å². The topological polar surface area (TPSA) is 44.9 Å². The maximum atomic E-state index is 11.9. The molecule has 0 unspecified atom stereocenters. The summed E-state index contributed by atoms with van der Waals surface area (Å²) in [4.78, 5) is 15.1. The summed E-state index contributed by atoms with van der Waals surface area (Å²) in [5, 5.41) is 4.26. The molecule has 0 aliphatic carbocycles. The van der Waals surface area contributed by atoms with Gasteiger partial charge in [0.05, 0.1) is 0 Å². The Balaban J connectivity index is 1.94. The number of benzene rings is 1. The average Bonchev–Trinajstić information content (AvgIpc) is 2.79. The first-order chi connectivity index (χ1) is 9.08. The van der Waals surface area contributed by atoms with Gasteiger partial charge in [-0.2, -0.15) is 0 Å². The smallest absolute Gasteiger partial charge is 0.220 e. The fourth-order valence-corrected chi connectivity index (χ4v) is 2.08. The largest absolute Gasteiger partial charge is 0.361 e. The van der Waals surface area contributed by atoms with E-state index in [-0.39, 0.29) is 11.9 Å². The summed E-state index contributed by atoms with van der Waals surface area (Å²) in [5.41, 5.74) is 2.34. The summed E-state index contributed by atoms with van der Waals surface area (Å²) in [6.07, 6.45) is 3.32. The van der Waals surface area contributed by atoms with Gasteiger partial charge in [0.25, 0.3) is 0 Å². The number of nitrogens with one attached hydrogen (secondary N) is 2. The molecule has 102 valence electrons. The molecule has 2 aromatic rings. The van der Waals surface area contributed by atoms with Crippen LogP contribution >= 0.6 is 0 Å². The van der Waals surface area contributed by atoms with Crippen molar-refractivity contribution in [2.24, 2.45) is 5.92 Å². The Bertz CT molecular complexity index is 557. The third-order valence-corrected chi connectivity index (χ3v) is 3.68. The number of fused-ring (bicyclic) bond motifs is 1. The van der Waals surface area contributed by atoms with E-state index in [4.69, 9.17) is 0 Å². The van der Waals surface area contributed by atoms with Crippen LogP contribution in [0.1, 0.15) is 32.8 Å². The van der Waals surface area contributed by atoms with Crippen LogP contribution in [0.2, 0.25) is 0 Å². The van der Waals surface area contributed by atoms with Crippen molar-refractivity contribution in [3.63, 3.8) is 0 Å². The minimum Gasteiger partial charge on any atom is -0.361 e. The first kappa shape index (κ1) is 13.7.